The summed E-state index contributed by atoms with van der Waals surface area (Å²) >= 11 is 0. The van der Waals surface area contributed by atoms with E-state index in [1.165, 1.54) is 0 Å². The largest absolute Gasteiger partial charge is 0.378 e. The Balaban J connectivity index is 3.77. The van der Waals surface area contributed by atoms with E-state index in [9.17, 15) is 4.79 Å². The lowest BCUT2D eigenvalue weighted by Gasteiger charge is -2.26. The maximum Gasteiger partial charge on any atom is 0.220 e. The Morgan fingerprint density at radius 1 is 1.38 bits per heavy atom. The van der Waals surface area contributed by atoms with Crippen molar-refractivity contribution in [3.63, 3.8) is 0 Å². The van der Waals surface area contributed by atoms with Gasteiger partial charge < -0.3 is 10.1 Å². The number of carbonyl (C=O) groups excluding carboxylic acids is 1. The maximum absolute atomic E-state index is 11.3. The van der Waals surface area contributed by atoms with Crippen LogP contribution >= 0.6 is 0 Å². The van der Waals surface area contributed by atoms with Crippen LogP contribution in [0.4, 0.5) is 0 Å². The molecule has 16 heavy (non-hydrogen) atoms. The van der Waals surface area contributed by atoms with Crippen LogP contribution in [0, 0.1) is 0 Å². The number of amides is 1. The van der Waals surface area contributed by atoms with Crippen molar-refractivity contribution in [3.8, 4) is 0 Å². The summed E-state index contributed by atoms with van der Waals surface area (Å²) in [6.07, 6.45) is 3.96. The van der Waals surface area contributed by atoms with Gasteiger partial charge in [0.05, 0.1) is 6.10 Å². The van der Waals surface area contributed by atoms with E-state index in [2.05, 4.69) is 19.2 Å². The van der Waals surface area contributed by atoms with E-state index in [1.54, 1.807) is 0 Å². The van der Waals surface area contributed by atoms with Gasteiger partial charge in [-0.3, -0.25) is 4.79 Å². The van der Waals surface area contributed by atoms with E-state index < -0.39 is 0 Å². The molecule has 0 radical (unpaired) electrons. The Kier molecular flexibility index (Phi) is 7.39. The van der Waals surface area contributed by atoms with Crippen LogP contribution in [0.15, 0.2) is 0 Å². The van der Waals surface area contributed by atoms with Crippen molar-refractivity contribution < 1.29 is 9.53 Å². The highest BCUT2D eigenvalue weighted by molar-refractivity contribution is 5.76. The van der Waals surface area contributed by atoms with Gasteiger partial charge in [-0.2, -0.15) is 0 Å². The predicted molar refractivity (Wildman–Crippen MR) is 67.5 cm³/mol. The van der Waals surface area contributed by atoms with Crippen LogP contribution in [0.25, 0.3) is 0 Å². The van der Waals surface area contributed by atoms with Crippen molar-refractivity contribution in [2.45, 2.75) is 71.9 Å². The number of nitrogens with one attached hydrogen (secondary N) is 1. The zero-order valence-electron chi connectivity index (χ0n) is 11.4. The molecule has 1 unspecified atom stereocenters. The molecule has 0 aromatic rings. The van der Waals surface area contributed by atoms with Gasteiger partial charge in [0.25, 0.3) is 0 Å². The van der Waals surface area contributed by atoms with Crippen LogP contribution < -0.4 is 5.32 Å². The van der Waals surface area contributed by atoms with Crippen LogP contribution in [0.5, 0.6) is 0 Å². The van der Waals surface area contributed by atoms with Crippen molar-refractivity contribution in [2.75, 3.05) is 6.61 Å². The lowest BCUT2D eigenvalue weighted by molar-refractivity contribution is -0.122. The van der Waals surface area contributed by atoms with Crippen LogP contribution in [0.2, 0.25) is 0 Å². The average Bonchev–Trinajstić information content (AvgIpc) is 2.16. The predicted octanol–water partition coefficient (Wildman–Crippen LogP) is 2.89. The summed E-state index contributed by atoms with van der Waals surface area (Å²) in [6, 6.07) is 0. The fourth-order valence-electron chi connectivity index (χ4n) is 1.53. The van der Waals surface area contributed by atoms with E-state index in [1.807, 2.05) is 20.8 Å². The van der Waals surface area contributed by atoms with Crippen molar-refractivity contribution in [1.29, 1.82) is 0 Å². The van der Waals surface area contributed by atoms with E-state index in [4.69, 9.17) is 4.74 Å². The molecule has 0 rings (SSSR count). The molecule has 0 bridgehead atoms. The van der Waals surface area contributed by atoms with E-state index in [0.29, 0.717) is 19.1 Å². The summed E-state index contributed by atoms with van der Waals surface area (Å²) in [5, 5.41) is 2.99. The molecule has 0 aliphatic heterocycles. The van der Waals surface area contributed by atoms with Gasteiger partial charge in [0, 0.05) is 18.6 Å². The summed E-state index contributed by atoms with van der Waals surface area (Å²) in [6.45, 7) is 10.9. The first kappa shape index (κ1) is 15.4. The van der Waals surface area contributed by atoms with Gasteiger partial charge in [0.1, 0.15) is 0 Å². The zero-order chi connectivity index (χ0) is 12.6. The molecule has 0 fully saturated rings. The minimum atomic E-state index is -0.168. The minimum absolute atomic E-state index is 0.103. The van der Waals surface area contributed by atoms with Gasteiger partial charge >= 0.3 is 0 Å². The standard InChI is InChI=1S/C13H27NO2/c1-6-8-11(3)16-10-9-13(4,5)14-12(15)7-2/h11H,6-10H2,1-5H3,(H,14,15). The molecule has 1 atom stereocenters. The molecule has 0 saturated carbocycles. The van der Waals surface area contributed by atoms with Gasteiger partial charge in [-0.1, -0.05) is 20.3 Å². The van der Waals surface area contributed by atoms with Crippen molar-refractivity contribution in [1.82, 2.24) is 5.32 Å². The number of hydrogen-bond donors (Lipinski definition) is 1. The molecular formula is C13H27NO2. The molecule has 0 aliphatic carbocycles. The summed E-state index contributed by atoms with van der Waals surface area (Å²) in [5.74, 6) is 0.103. The maximum atomic E-state index is 11.3. The highest BCUT2D eigenvalue weighted by Crippen LogP contribution is 2.10. The second kappa shape index (κ2) is 7.66. The number of carbonyl (C=O) groups is 1. The smallest absolute Gasteiger partial charge is 0.220 e. The molecule has 0 spiro atoms. The molecule has 0 heterocycles. The van der Waals surface area contributed by atoms with Crippen LogP contribution in [-0.2, 0) is 9.53 Å². The summed E-state index contributed by atoms with van der Waals surface area (Å²) in [5.41, 5.74) is -0.168. The molecule has 96 valence electrons. The first-order chi connectivity index (χ1) is 7.41. The number of ether oxygens (including phenoxy) is 1. The van der Waals surface area contributed by atoms with Crippen LogP contribution in [0.1, 0.15) is 60.3 Å². The third kappa shape index (κ3) is 7.69. The normalized spacial score (nSPS) is 13.6. The SMILES string of the molecule is CCCC(C)OCCC(C)(C)NC(=O)CC. The quantitative estimate of drug-likeness (QED) is 0.695. The lowest BCUT2D eigenvalue weighted by Crippen LogP contribution is -2.44. The number of rotatable bonds is 8. The van der Waals surface area contributed by atoms with Crippen LogP contribution in [0.3, 0.4) is 0 Å². The lowest BCUT2D eigenvalue weighted by atomic mass is 10.0. The highest BCUT2D eigenvalue weighted by Gasteiger charge is 2.19. The molecule has 3 heteroatoms. The minimum Gasteiger partial charge on any atom is -0.378 e. The molecule has 1 amide bonds. The third-order valence-corrected chi connectivity index (χ3v) is 2.62. The molecule has 0 aromatic heterocycles. The van der Waals surface area contributed by atoms with Gasteiger partial charge in [-0.05, 0) is 33.6 Å². The van der Waals surface area contributed by atoms with Gasteiger partial charge in [0.15, 0.2) is 0 Å². The van der Waals surface area contributed by atoms with Crippen molar-refractivity contribution >= 4 is 5.91 Å². The molecule has 1 N–H and O–H groups in total. The van der Waals surface area contributed by atoms with Gasteiger partial charge in [-0.15, -0.1) is 0 Å². The summed E-state index contributed by atoms with van der Waals surface area (Å²) < 4.78 is 5.68. The molecule has 0 saturated heterocycles. The summed E-state index contributed by atoms with van der Waals surface area (Å²) in [4.78, 5) is 11.3. The number of hydrogen-bond acceptors (Lipinski definition) is 2. The fourth-order valence-corrected chi connectivity index (χ4v) is 1.53. The second-order valence-electron chi connectivity index (χ2n) is 5.01. The Hall–Kier alpha value is -0.570. The average molecular weight is 229 g/mol. The first-order valence-electron chi connectivity index (χ1n) is 6.34. The Morgan fingerprint density at radius 2 is 2.00 bits per heavy atom. The molecular weight excluding hydrogens is 202 g/mol. The second-order valence-corrected chi connectivity index (χ2v) is 5.01. The Bertz CT molecular complexity index is 202. The van der Waals surface area contributed by atoms with Crippen molar-refractivity contribution in [3.05, 3.63) is 0 Å². The third-order valence-electron chi connectivity index (χ3n) is 2.62. The zero-order valence-corrected chi connectivity index (χ0v) is 11.4. The molecule has 3 nitrogen and oxygen atoms in total. The highest BCUT2D eigenvalue weighted by atomic mass is 16.5. The summed E-state index contributed by atoms with van der Waals surface area (Å²) in [7, 11) is 0. The molecule has 0 aromatic carbocycles. The van der Waals surface area contributed by atoms with E-state index in [0.717, 1.165) is 19.3 Å². The van der Waals surface area contributed by atoms with Gasteiger partial charge in [0.2, 0.25) is 5.91 Å². The molecule has 0 aliphatic rings. The van der Waals surface area contributed by atoms with Gasteiger partial charge in [-0.25, -0.2) is 0 Å². The van der Waals surface area contributed by atoms with E-state index >= 15 is 0 Å². The van der Waals surface area contributed by atoms with Crippen molar-refractivity contribution in [2.24, 2.45) is 0 Å². The monoisotopic (exact) mass is 229 g/mol. The topological polar surface area (TPSA) is 38.3 Å². The first-order valence-corrected chi connectivity index (χ1v) is 6.34. The van der Waals surface area contributed by atoms with E-state index in [-0.39, 0.29) is 11.4 Å². The Morgan fingerprint density at radius 3 is 2.50 bits per heavy atom. The fraction of sp³-hybridized carbons (Fsp3) is 0.923. The van der Waals surface area contributed by atoms with Crippen LogP contribution in [-0.4, -0.2) is 24.2 Å². The Labute approximate surface area is 99.9 Å².